The SMILES string of the molecule is Cc1cc(CCOCC(=O)Nc2ccc(Cl)cn2)cc(C(F)(F)F)c1. The van der Waals surface area contributed by atoms with Crippen LogP contribution in [0.3, 0.4) is 0 Å². The van der Waals surface area contributed by atoms with Crippen LogP contribution in [-0.2, 0) is 22.1 Å². The van der Waals surface area contributed by atoms with Crippen molar-refractivity contribution in [1.82, 2.24) is 4.98 Å². The highest BCUT2D eigenvalue weighted by molar-refractivity contribution is 6.30. The maximum atomic E-state index is 12.8. The van der Waals surface area contributed by atoms with E-state index in [0.717, 1.165) is 12.1 Å². The summed E-state index contributed by atoms with van der Waals surface area (Å²) in [5, 5.41) is 2.97. The normalized spacial score (nSPS) is 11.4. The molecule has 0 aliphatic heterocycles. The number of carbonyl (C=O) groups excluding carboxylic acids is 1. The van der Waals surface area contributed by atoms with Crippen LogP contribution in [0, 0.1) is 6.92 Å². The fourth-order valence-corrected chi connectivity index (χ4v) is 2.27. The van der Waals surface area contributed by atoms with Crippen LogP contribution in [0.5, 0.6) is 0 Å². The summed E-state index contributed by atoms with van der Waals surface area (Å²) in [6.45, 7) is 1.51. The standard InChI is InChI=1S/C17H16ClF3N2O2/c1-11-6-12(8-13(7-11)17(19,20)21)4-5-25-10-16(24)23-15-3-2-14(18)9-22-15/h2-3,6-9H,4-5,10H2,1H3,(H,22,23,24). The Bertz CT molecular complexity index is 734. The lowest BCUT2D eigenvalue weighted by Crippen LogP contribution is -2.19. The summed E-state index contributed by atoms with van der Waals surface area (Å²) >= 11 is 5.69. The number of benzene rings is 1. The Morgan fingerprint density at radius 1 is 1.28 bits per heavy atom. The van der Waals surface area contributed by atoms with Gasteiger partial charge in [0.15, 0.2) is 0 Å². The predicted molar refractivity (Wildman–Crippen MR) is 88.6 cm³/mol. The van der Waals surface area contributed by atoms with Gasteiger partial charge >= 0.3 is 6.18 Å². The van der Waals surface area contributed by atoms with Gasteiger partial charge in [0.2, 0.25) is 0 Å². The van der Waals surface area contributed by atoms with Gasteiger partial charge in [-0.05, 0) is 43.2 Å². The van der Waals surface area contributed by atoms with E-state index in [0.29, 0.717) is 22.0 Å². The number of rotatable bonds is 6. The molecule has 0 bridgehead atoms. The van der Waals surface area contributed by atoms with E-state index < -0.39 is 17.6 Å². The number of ether oxygens (including phenoxy) is 1. The van der Waals surface area contributed by atoms with Crippen LogP contribution in [0.2, 0.25) is 5.02 Å². The van der Waals surface area contributed by atoms with Gasteiger partial charge in [0, 0.05) is 6.20 Å². The summed E-state index contributed by atoms with van der Waals surface area (Å²) < 4.78 is 43.5. The molecule has 0 fully saturated rings. The number of pyridine rings is 1. The minimum atomic E-state index is -4.38. The molecule has 4 nitrogen and oxygen atoms in total. The van der Waals surface area contributed by atoms with Crippen LogP contribution < -0.4 is 5.32 Å². The van der Waals surface area contributed by atoms with Gasteiger partial charge in [-0.25, -0.2) is 4.98 Å². The van der Waals surface area contributed by atoms with Gasteiger partial charge in [-0.1, -0.05) is 23.2 Å². The highest BCUT2D eigenvalue weighted by Crippen LogP contribution is 2.30. The molecule has 2 rings (SSSR count). The van der Waals surface area contributed by atoms with Crippen molar-refractivity contribution in [3.05, 3.63) is 58.2 Å². The third-order valence-corrected chi connectivity index (χ3v) is 3.45. The average Bonchev–Trinajstić information content (AvgIpc) is 2.52. The second-order valence-electron chi connectivity index (χ2n) is 5.42. The zero-order valence-corrected chi connectivity index (χ0v) is 14.1. The van der Waals surface area contributed by atoms with Gasteiger partial charge in [-0.2, -0.15) is 13.2 Å². The summed E-state index contributed by atoms with van der Waals surface area (Å²) in [5.74, 6) is -0.0680. The molecule has 1 aromatic heterocycles. The molecule has 0 spiro atoms. The molecule has 0 aliphatic carbocycles. The monoisotopic (exact) mass is 372 g/mol. The van der Waals surface area contributed by atoms with Gasteiger partial charge in [-0.15, -0.1) is 0 Å². The smallest absolute Gasteiger partial charge is 0.371 e. The maximum absolute atomic E-state index is 12.8. The van der Waals surface area contributed by atoms with E-state index in [-0.39, 0.29) is 19.6 Å². The topological polar surface area (TPSA) is 51.2 Å². The van der Waals surface area contributed by atoms with Gasteiger partial charge < -0.3 is 10.1 Å². The van der Waals surface area contributed by atoms with Crippen LogP contribution in [0.25, 0.3) is 0 Å². The van der Waals surface area contributed by atoms with Crippen LogP contribution in [-0.4, -0.2) is 24.1 Å². The Hall–Kier alpha value is -2.12. The lowest BCUT2D eigenvalue weighted by Gasteiger charge is -2.11. The molecule has 2 aromatic rings. The molecule has 0 unspecified atom stereocenters. The minimum absolute atomic E-state index is 0.127. The third kappa shape index (κ3) is 6.36. The number of aryl methyl sites for hydroxylation is 1. The first-order valence-corrected chi connectivity index (χ1v) is 7.79. The lowest BCUT2D eigenvalue weighted by molar-refractivity contribution is -0.137. The van der Waals surface area contributed by atoms with E-state index in [1.165, 1.54) is 6.20 Å². The van der Waals surface area contributed by atoms with Crippen LogP contribution >= 0.6 is 11.6 Å². The molecule has 134 valence electrons. The van der Waals surface area contributed by atoms with E-state index in [9.17, 15) is 18.0 Å². The van der Waals surface area contributed by atoms with E-state index in [1.54, 1.807) is 25.1 Å². The Morgan fingerprint density at radius 3 is 2.68 bits per heavy atom. The summed E-state index contributed by atoms with van der Waals surface area (Å²) in [6, 6.07) is 6.98. The summed E-state index contributed by atoms with van der Waals surface area (Å²) in [7, 11) is 0. The molecule has 0 saturated heterocycles. The zero-order valence-electron chi connectivity index (χ0n) is 13.4. The number of hydrogen-bond acceptors (Lipinski definition) is 3. The van der Waals surface area contributed by atoms with Crippen LogP contribution in [0.1, 0.15) is 16.7 Å². The molecular weight excluding hydrogens is 357 g/mol. The van der Waals surface area contributed by atoms with Crippen molar-refractivity contribution in [2.45, 2.75) is 19.5 Å². The van der Waals surface area contributed by atoms with Crippen molar-refractivity contribution in [3.63, 3.8) is 0 Å². The number of alkyl halides is 3. The first-order valence-electron chi connectivity index (χ1n) is 7.41. The number of aromatic nitrogens is 1. The quantitative estimate of drug-likeness (QED) is 0.771. The van der Waals surface area contributed by atoms with Gasteiger partial charge in [-0.3, -0.25) is 4.79 Å². The zero-order chi connectivity index (χ0) is 18.4. The molecule has 0 radical (unpaired) electrons. The first kappa shape index (κ1) is 19.2. The lowest BCUT2D eigenvalue weighted by atomic mass is 10.0. The van der Waals surface area contributed by atoms with E-state index in [1.807, 2.05) is 0 Å². The molecule has 0 atom stereocenters. The summed E-state index contributed by atoms with van der Waals surface area (Å²) in [6.07, 6.45) is -2.71. The molecule has 1 heterocycles. The van der Waals surface area contributed by atoms with E-state index in [4.69, 9.17) is 16.3 Å². The van der Waals surface area contributed by atoms with Crippen molar-refractivity contribution < 1.29 is 22.7 Å². The van der Waals surface area contributed by atoms with Gasteiger partial charge in [0.25, 0.3) is 5.91 Å². The van der Waals surface area contributed by atoms with Crippen molar-refractivity contribution in [1.29, 1.82) is 0 Å². The number of hydrogen-bond donors (Lipinski definition) is 1. The maximum Gasteiger partial charge on any atom is 0.416 e. The highest BCUT2D eigenvalue weighted by Gasteiger charge is 2.30. The number of carbonyl (C=O) groups is 1. The summed E-state index contributed by atoms with van der Waals surface area (Å²) in [4.78, 5) is 15.6. The Morgan fingerprint density at radius 2 is 2.04 bits per heavy atom. The van der Waals surface area contributed by atoms with Gasteiger partial charge in [0.05, 0.1) is 17.2 Å². The van der Waals surface area contributed by atoms with Crippen LogP contribution in [0.4, 0.5) is 19.0 Å². The molecule has 0 aliphatic rings. The number of nitrogens with zero attached hydrogens (tertiary/aromatic N) is 1. The van der Waals surface area contributed by atoms with Crippen molar-refractivity contribution >= 4 is 23.3 Å². The minimum Gasteiger partial charge on any atom is -0.371 e. The predicted octanol–water partition coefficient (Wildman–Crippen LogP) is 4.26. The molecule has 8 heteroatoms. The molecule has 0 saturated carbocycles. The van der Waals surface area contributed by atoms with Gasteiger partial charge in [0.1, 0.15) is 12.4 Å². The third-order valence-electron chi connectivity index (χ3n) is 3.23. The number of anilines is 1. The molecule has 1 aromatic carbocycles. The van der Waals surface area contributed by atoms with Crippen molar-refractivity contribution in [2.75, 3.05) is 18.5 Å². The molecule has 1 amide bonds. The molecule has 25 heavy (non-hydrogen) atoms. The van der Waals surface area contributed by atoms with E-state index >= 15 is 0 Å². The number of halogens is 4. The molecular formula is C17H16ClF3N2O2. The van der Waals surface area contributed by atoms with Crippen molar-refractivity contribution in [3.8, 4) is 0 Å². The first-order chi connectivity index (χ1) is 11.7. The Balaban J connectivity index is 1.80. The fraction of sp³-hybridized carbons (Fsp3) is 0.294. The average molecular weight is 373 g/mol. The second-order valence-corrected chi connectivity index (χ2v) is 5.85. The van der Waals surface area contributed by atoms with Crippen LogP contribution in [0.15, 0.2) is 36.5 Å². The summed E-state index contributed by atoms with van der Waals surface area (Å²) in [5.41, 5.74) is 0.345. The highest BCUT2D eigenvalue weighted by atomic mass is 35.5. The Kier molecular flexibility index (Phi) is 6.39. The number of nitrogens with one attached hydrogen (secondary N) is 1. The largest absolute Gasteiger partial charge is 0.416 e. The number of amides is 1. The Labute approximate surface area is 148 Å². The molecule has 1 N–H and O–H groups in total. The van der Waals surface area contributed by atoms with E-state index in [2.05, 4.69) is 10.3 Å². The van der Waals surface area contributed by atoms with Crippen molar-refractivity contribution in [2.24, 2.45) is 0 Å². The second kappa shape index (κ2) is 8.31. The fourth-order valence-electron chi connectivity index (χ4n) is 2.15.